The Balaban J connectivity index is 2.35. The number of hydrogen-bond acceptors (Lipinski definition) is 7. The highest BCUT2D eigenvalue weighted by molar-refractivity contribution is 6.29. The number of anilines is 1. The van der Waals surface area contributed by atoms with E-state index in [0.717, 1.165) is 0 Å². The van der Waals surface area contributed by atoms with Crippen molar-refractivity contribution in [3.8, 4) is 11.5 Å². The molecule has 2 aromatic rings. The summed E-state index contributed by atoms with van der Waals surface area (Å²) in [5.41, 5.74) is 1.26. The molecule has 0 fully saturated rings. The van der Waals surface area contributed by atoms with Gasteiger partial charge in [0.25, 0.3) is 11.7 Å². The second-order valence-electron chi connectivity index (χ2n) is 4.50. The number of carbonyl (C=O) groups excluding carboxylic acids is 1. The van der Waals surface area contributed by atoms with Crippen molar-refractivity contribution in [1.82, 2.24) is 15.1 Å². The second-order valence-corrected chi connectivity index (χ2v) is 4.88. The molecule has 8 heteroatoms. The molecule has 0 saturated heterocycles. The summed E-state index contributed by atoms with van der Waals surface area (Å²) in [6, 6.07) is 1.83. The summed E-state index contributed by atoms with van der Waals surface area (Å²) in [7, 11) is 0. The number of nitrogens with zero attached hydrogens (tertiary/aromatic N) is 3. The Kier molecular flexibility index (Phi) is 4.74. The van der Waals surface area contributed by atoms with Crippen LogP contribution in [0.3, 0.4) is 0 Å². The zero-order valence-electron chi connectivity index (χ0n) is 11.9. The highest BCUT2D eigenvalue weighted by atomic mass is 35.5. The van der Waals surface area contributed by atoms with E-state index in [4.69, 9.17) is 20.9 Å². The zero-order chi connectivity index (χ0) is 15.4. The highest BCUT2D eigenvalue weighted by Crippen LogP contribution is 2.28. The number of nitrogens with one attached hydrogen (secondary N) is 1. The van der Waals surface area contributed by atoms with Gasteiger partial charge in [0.15, 0.2) is 0 Å². The van der Waals surface area contributed by atoms with Gasteiger partial charge < -0.3 is 14.6 Å². The average Bonchev–Trinajstić information content (AvgIpc) is 2.88. The standard InChI is InChI=1S/C13H15ClN4O3/c1-4-20-13(19)11-17-12(21-18-11)8-6-15-10(14)5-9(8)16-7(2)3/h5-7H,4H2,1-3H3,(H,15,16). The Hall–Kier alpha value is -2.15. The summed E-state index contributed by atoms with van der Waals surface area (Å²) in [6.45, 7) is 5.91. The largest absolute Gasteiger partial charge is 0.460 e. The van der Waals surface area contributed by atoms with Crippen LogP contribution in [0.2, 0.25) is 5.15 Å². The number of aromatic nitrogens is 3. The molecule has 0 aliphatic carbocycles. The minimum Gasteiger partial charge on any atom is -0.460 e. The number of pyridine rings is 1. The first-order chi connectivity index (χ1) is 10.0. The summed E-state index contributed by atoms with van der Waals surface area (Å²) >= 11 is 5.89. The molecule has 21 heavy (non-hydrogen) atoms. The van der Waals surface area contributed by atoms with E-state index in [2.05, 4.69) is 20.4 Å². The third-order valence-corrected chi connectivity index (χ3v) is 2.64. The Morgan fingerprint density at radius 3 is 2.95 bits per heavy atom. The Bertz CT molecular complexity index is 642. The van der Waals surface area contributed by atoms with E-state index in [9.17, 15) is 4.79 Å². The molecule has 0 amide bonds. The quantitative estimate of drug-likeness (QED) is 0.670. The smallest absolute Gasteiger partial charge is 0.379 e. The van der Waals surface area contributed by atoms with Gasteiger partial charge in [-0.15, -0.1) is 0 Å². The predicted molar refractivity (Wildman–Crippen MR) is 77.3 cm³/mol. The number of halogens is 1. The lowest BCUT2D eigenvalue weighted by atomic mass is 10.2. The molecule has 0 aliphatic heterocycles. The maximum absolute atomic E-state index is 11.5. The molecule has 0 aromatic carbocycles. The minimum absolute atomic E-state index is 0.128. The van der Waals surface area contributed by atoms with Gasteiger partial charge in [-0.2, -0.15) is 4.98 Å². The molecule has 2 rings (SSSR count). The van der Waals surface area contributed by atoms with Crippen LogP contribution in [0.5, 0.6) is 0 Å². The SMILES string of the molecule is CCOC(=O)c1noc(-c2cnc(Cl)cc2NC(C)C)n1. The van der Waals surface area contributed by atoms with Crippen LogP contribution in [-0.2, 0) is 4.74 Å². The van der Waals surface area contributed by atoms with E-state index in [0.29, 0.717) is 16.4 Å². The molecule has 0 spiro atoms. The molecule has 2 aromatic heterocycles. The Labute approximate surface area is 126 Å². The minimum atomic E-state index is -0.632. The van der Waals surface area contributed by atoms with Gasteiger partial charge in [0, 0.05) is 12.2 Å². The second kappa shape index (κ2) is 6.53. The van der Waals surface area contributed by atoms with Crippen molar-refractivity contribution in [3.05, 3.63) is 23.2 Å². The first-order valence-corrected chi connectivity index (χ1v) is 6.82. The van der Waals surface area contributed by atoms with Crippen molar-refractivity contribution in [2.75, 3.05) is 11.9 Å². The Morgan fingerprint density at radius 1 is 1.52 bits per heavy atom. The molecule has 0 atom stereocenters. The van der Waals surface area contributed by atoms with Crippen molar-refractivity contribution in [2.24, 2.45) is 0 Å². The average molecular weight is 311 g/mol. The summed E-state index contributed by atoms with van der Waals surface area (Å²) in [5.74, 6) is -0.588. The first kappa shape index (κ1) is 15.2. The zero-order valence-corrected chi connectivity index (χ0v) is 12.6. The monoisotopic (exact) mass is 310 g/mol. The van der Waals surface area contributed by atoms with Crippen LogP contribution >= 0.6 is 11.6 Å². The highest BCUT2D eigenvalue weighted by Gasteiger charge is 2.19. The van der Waals surface area contributed by atoms with Crippen molar-refractivity contribution in [2.45, 2.75) is 26.8 Å². The lowest BCUT2D eigenvalue weighted by molar-refractivity contribution is 0.0508. The molecule has 2 heterocycles. The summed E-state index contributed by atoms with van der Waals surface area (Å²) in [6.07, 6.45) is 1.51. The topological polar surface area (TPSA) is 90.1 Å². The number of rotatable bonds is 5. The van der Waals surface area contributed by atoms with E-state index in [1.54, 1.807) is 13.0 Å². The third-order valence-electron chi connectivity index (χ3n) is 2.43. The fourth-order valence-corrected chi connectivity index (χ4v) is 1.80. The molecule has 0 radical (unpaired) electrons. The van der Waals surface area contributed by atoms with Crippen LogP contribution in [0.25, 0.3) is 11.5 Å². The van der Waals surface area contributed by atoms with E-state index >= 15 is 0 Å². The van der Waals surface area contributed by atoms with Crippen LogP contribution in [0, 0.1) is 0 Å². The van der Waals surface area contributed by atoms with Crippen molar-refractivity contribution >= 4 is 23.3 Å². The van der Waals surface area contributed by atoms with Gasteiger partial charge in [-0.1, -0.05) is 11.6 Å². The first-order valence-electron chi connectivity index (χ1n) is 6.44. The van der Waals surface area contributed by atoms with Gasteiger partial charge in [-0.3, -0.25) is 0 Å². The number of ether oxygens (including phenoxy) is 1. The van der Waals surface area contributed by atoms with Crippen molar-refractivity contribution < 1.29 is 14.1 Å². The molecular formula is C13H15ClN4O3. The maximum atomic E-state index is 11.5. The van der Waals surface area contributed by atoms with Crippen molar-refractivity contribution in [1.29, 1.82) is 0 Å². The summed E-state index contributed by atoms with van der Waals surface area (Å²) in [5, 5.41) is 7.15. The van der Waals surface area contributed by atoms with Gasteiger partial charge in [0.05, 0.1) is 17.9 Å². The molecule has 0 saturated carbocycles. The fraction of sp³-hybridized carbons (Fsp3) is 0.385. The van der Waals surface area contributed by atoms with Crippen molar-refractivity contribution in [3.63, 3.8) is 0 Å². The number of hydrogen-bond donors (Lipinski definition) is 1. The molecule has 1 N–H and O–H groups in total. The predicted octanol–water partition coefficient (Wildman–Crippen LogP) is 2.78. The molecule has 112 valence electrons. The van der Waals surface area contributed by atoms with Crippen LogP contribution in [0.4, 0.5) is 5.69 Å². The van der Waals surface area contributed by atoms with Gasteiger partial charge in [-0.05, 0) is 32.0 Å². The van der Waals surface area contributed by atoms with Gasteiger partial charge in [-0.25, -0.2) is 9.78 Å². The molecule has 0 aliphatic rings. The van der Waals surface area contributed by atoms with Gasteiger partial charge in [0.2, 0.25) is 0 Å². The van der Waals surface area contributed by atoms with Gasteiger partial charge in [0.1, 0.15) is 5.15 Å². The van der Waals surface area contributed by atoms with Crippen LogP contribution in [-0.4, -0.2) is 33.7 Å². The summed E-state index contributed by atoms with van der Waals surface area (Å²) < 4.78 is 9.91. The molecular weight excluding hydrogens is 296 g/mol. The molecule has 0 unspecified atom stereocenters. The van der Waals surface area contributed by atoms with Crippen LogP contribution in [0.15, 0.2) is 16.8 Å². The Morgan fingerprint density at radius 2 is 2.29 bits per heavy atom. The van der Waals surface area contributed by atoms with E-state index in [-0.39, 0.29) is 24.4 Å². The number of esters is 1. The third kappa shape index (κ3) is 3.69. The lowest BCUT2D eigenvalue weighted by Crippen LogP contribution is -2.11. The lowest BCUT2D eigenvalue weighted by Gasteiger charge is -2.12. The van der Waals surface area contributed by atoms with Crippen LogP contribution in [0.1, 0.15) is 31.4 Å². The van der Waals surface area contributed by atoms with Gasteiger partial charge >= 0.3 is 5.97 Å². The summed E-state index contributed by atoms with van der Waals surface area (Å²) in [4.78, 5) is 19.6. The van der Waals surface area contributed by atoms with E-state index in [1.165, 1.54) is 6.20 Å². The normalized spacial score (nSPS) is 10.7. The van der Waals surface area contributed by atoms with E-state index < -0.39 is 5.97 Å². The number of carbonyl (C=O) groups is 1. The molecule has 7 nitrogen and oxygen atoms in total. The van der Waals surface area contributed by atoms with Crippen LogP contribution < -0.4 is 5.32 Å². The molecule has 0 bridgehead atoms. The van der Waals surface area contributed by atoms with E-state index in [1.807, 2.05) is 13.8 Å². The maximum Gasteiger partial charge on any atom is 0.379 e. The fourth-order valence-electron chi connectivity index (χ4n) is 1.64.